The number of hydrogen-bond donors (Lipinski definition) is 0. The molecule has 0 saturated heterocycles. The third-order valence-corrected chi connectivity index (χ3v) is 1.33. The molecule has 0 aliphatic heterocycles. The number of aromatic nitrogens is 2. The van der Waals surface area contributed by atoms with E-state index in [9.17, 15) is 13.2 Å². The molecule has 0 amide bonds. The van der Waals surface area contributed by atoms with Crippen molar-refractivity contribution in [3.63, 3.8) is 0 Å². The molecular formula is C7H9F3N2O. The molecule has 0 fully saturated rings. The van der Waals surface area contributed by atoms with Crippen molar-refractivity contribution >= 4 is 0 Å². The second-order valence-electron chi connectivity index (χ2n) is 2.98. The van der Waals surface area contributed by atoms with E-state index >= 15 is 0 Å². The van der Waals surface area contributed by atoms with E-state index in [2.05, 4.69) is 10.2 Å². The molecule has 3 nitrogen and oxygen atoms in total. The summed E-state index contributed by atoms with van der Waals surface area (Å²) in [6.45, 7) is 3.54. The van der Waals surface area contributed by atoms with Gasteiger partial charge in [0.2, 0.25) is 11.8 Å². The van der Waals surface area contributed by atoms with E-state index in [4.69, 9.17) is 4.42 Å². The fourth-order valence-corrected chi connectivity index (χ4v) is 0.743. The van der Waals surface area contributed by atoms with E-state index in [0.717, 1.165) is 0 Å². The Labute approximate surface area is 73.0 Å². The van der Waals surface area contributed by atoms with Gasteiger partial charge in [-0.05, 0) is 0 Å². The highest BCUT2D eigenvalue weighted by Crippen LogP contribution is 2.21. The van der Waals surface area contributed by atoms with E-state index in [1.54, 1.807) is 13.8 Å². The Kier molecular flexibility index (Phi) is 2.58. The molecule has 0 saturated carbocycles. The summed E-state index contributed by atoms with van der Waals surface area (Å²) >= 11 is 0. The van der Waals surface area contributed by atoms with E-state index < -0.39 is 12.6 Å². The molecule has 0 atom stereocenters. The van der Waals surface area contributed by atoms with Gasteiger partial charge in [0.05, 0.1) is 0 Å². The second kappa shape index (κ2) is 3.35. The quantitative estimate of drug-likeness (QED) is 0.725. The molecule has 6 heteroatoms. The third-order valence-electron chi connectivity index (χ3n) is 1.33. The van der Waals surface area contributed by atoms with Crippen molar-refractivity contribution < 1.29 is 17.6 Å². The number of alkyl halides is 3. The van der Waals surface area contributed by atoms with Crippen molar-refractivity contribution in [1.29, 1.82) is 0 Å². The van der Waals surface area contributed by atoms with Gasteiger partial charge in [0.25, 0.3) is 0 Å². The van der Waals surface area contributed by atoms with Crippen LogP contribution in [0.5, 0.6) is 0 Å². The monoisotopic (exact) mass is 194 g/mol. The third kappa shape index (κ3) is 3.04. The van der Waals surface area contributed by atoms with Crippen LogP contribution in [0.1, 0.15) is 31.5 Å². The average molecular weight is 194 g/mol. The molecule has 1 rings (SSSR count). The van der Waals surface area contributed by atoms with Gasteiger partial charge in [0.1, 0.15) is 6.42 Å². The van der Waals surface area contributed by atoms with Crippen molar-refractivity contribution in [2.24, 2.45) is 0 Å². The molecule has 0 spiro atoms. The van der Waals surface area contributed by atoms with Crippen LogP contribution in [0.4, 0.5) is 13.2 Å². The number of hydrogen-bond acceptors (Lipinski definition) is 3. The molecule has 74 valence electrons. The molecule has 1 heterocycles. The first-order valence-corrected chi connectivity index (χ1v) is 3.77. The average Bonchev–Trinajstić information content (AvgIpc) is 2.31. The Balaban J connectivity index is 2.70. The first-order chi connectivity index (χ1) is 5.88. The Bertz CT molecular complexity index is 280. The fourth-order valence-electron chi connectivity index (χ4n) is 0.743. The van der Waals surface area contributed by atoms with Gasteiger partial charge in [-0.15, -0.1) is 10.2 Å². The smallest absolute Gasteiger partial charge is 0.397 e. The zero-order valence-corrected chi connectivity index (χ0v) is 7.22. The van der Waals surface area contributed by atoms with Crippen LogP contribution in [0.2, 0.25) is 0 Å². The van der Waals surface area contributed by atoms with Crippen molar-refractivity contribution in [3.05, 3.63) is 11.8 Å². The predicted molar refractivity (Wildman–Crippen MR) is 38.1 cm³/mol. The topological polar surface area (TPSA) is 38.9 Å². The van der Waals surface area contributed by atoms with Gasteiger partial charge < -0.3 is 4.42 Å². The summed E-state index contributed by atoms with van der Waals surface area (Å²) < 4.78 is 40.3. The maximum Gasteiger partial charge on any atom is 0.397 e. The van der Waals surface area contributed by atoms with Gasteiger partial charge in [-0.2, -0.15) is 13.2 Å². The SMILES string of the molecule is CC(C)c1nnc(CC(F)(F)F)o1. The predicted octanol–water partition coefficient (Wildman–Crippen LogP) is 2.30. The molecule has 1 aromatic heterocycles. The summed E-state index contributed by atoms with van der Waals surface area (Å²) in [7, 11) is 0. The molecule has 0 aliphatic carbocycles. The van der Waals surface area contributed by atoms with Gasteiger partial charge in [0, 0.05) is 5.92 Å². The maximum absolute atomic E-state index is 11.8. The molecule has 0 radical (unpaired) electrons. The van der Waals surface area contributed by atoms with Crippen LogP contribution >= 0.6 is 0 Å². The molecule has 0 aliphatic rings. The largest absolute Gasteiger partial charge is 0.425 e. The summed E-state index contributed by atoms with van der Waals surface area (Å²) in [5.74, 6) is -0.190. The van der Waals surface area contributed by atoms with Gasteiger partial charge >= 0.3 is 6.18 Å². The standard InChI is InChI=1S/C7H9F3N2O/c1-4(2)6-12-11-5(13-6)3-7(8,9)10/h4H,3H2,1-2H3. The van der Waals surface area contributed by atoms with Crippen LogP contribution < -0.4 is 0 Å². The lowest BCUT2D eigenvalue weighted by atomic mass is 10.2. The van der Waals surface area contributed by atoms with E-state index in [0.29, 0.717) is 0 Å². The highest BCUT2D eigenvalue weighted by Gasteiger charge is 2.31. The van der Waals surface area contributed by atoms with Crippen LogP contribution in [-0.2, 0) is 6.42 Å². The van der Waals surface area contributed by atoms with E-state index in [1.165, 1.54) is 0 Å². The second-order valence-corrected chi connectivity index (χ2v) is 2.98. The summed E-state index contributed by atoms with van der Waals surface area (Å²) in [5, 5.41) is 6.77. The van der Waals surface area contributed by atoms with E-state index in [-0.39, 0.29) is 17.7 Å². The van der Waals surface area contributed by atoms with Crippen LogP contribution in [0.25, 0.3) is 0 Å². The number of halogens is 3. The Morgan fingerprint density at radius 3 is 2.31 bits per heavy atom. The minimum absolute atomic E-state index is 0.0468. The van der Waals surface area contributed by atoms with Gasteiger partial charge in [0.15, 0.2) is 0 Å². The highest BCUT2D eigenvalue weighted by atomic mass is 19.4. The summed E-state index contributed by atoms with van der Waals surface area (Å²) in [6.07, 6.45) is -5.45. The number of rotatable bonds is 2. The Morgan fingerprint density at radius 1 is 1.31 bits per heavy atom. The normalized spacial score (nSPS) is 12.5. The molecule has 0 unspecified atom stereocenters. The summed E-state index contributed by atoms with van der Waals surface area (Å²) in [5.41, 5.74) is 0. The lowest BCUT2D eigenvalue weighted by molar-refractivity contribution is -0.131. The molecular weight excluding hydrogens is 185 g/mol. The zero-order chi connectivity index (χ0) is 10.1. The van der Waals surface area contributed by atoms with Gasteiger partial charge in [-0.1, -0.05) is 13.8 Å². The van der Waals surface area contributed by atoms with Crippen molar-refractivity contribution in [1.82, 2.24) is 10.2 Å². The lowest BCUT2D eigenvalue weighted by Crippen LogP contribution is -2.11. The van der Waals surface area contributed by atoms with Gasteiger partial charge in [-0.3, -0.25) is 0 Å². The Morgan fingerprint density at radius 2 is 1.92 bits per heavy atom. The van der Waals surface area contributed by atoms with Crippen LogP contribution in [0.15, 0.2) is 4.42 Å². The van der Waals surface area contributed by atoms with Crippen molar-refractivity contribution in [2.45, 2.75) is 32.4 Å². The van der Waals surface area contributed by atoms with Crippen LogP contribution in [0, 0.1) is 0 Å². The highest BCUT2D eigenvalue weighted by molar-refractivity contribution is 4.88. The zero-order valence-electron chi connectivity index (χ0n) is 7.22. The lowest BCUT2D eigenvalue weighted by Gasteiger charge is -2.00. The molecule has 0 bridgehead atoms. The minimum Gasteiger partial charge on any atom is -0.425 e. The number of nitrogens with zero attached hydrogens (tertiary/aromatic N) is 2. The first-order valence-electron chi connectivity index (χ1n) is 3.77. The summed E-state index contributed by atoms with van der Waals surface area (Å²) in [6, 6.07) is 0. The minimum atomic E-state index is -4.29. The van der Waals surface area contributed by atoms with Gasteiger partial charge in [-0.25, -0.2) is 0 Å². The van der Waals surface area contributed by atoms with Crippen molar-refractivity contribution in [2.75, 3.05) is 0 Å². The molecule has 0 aromatic carbocycles. The van der Waals surface area contributed by atoms with Crippen LogP contribution in [0.3, 0.4) is 0 Å². The maximum atomic E-state index is 11.8. The first kappa shape index (κ1) is 10.0. The Hall–Kier alpha value is -1.07. The van der Waals surface area contributed by atoms with Crippen molar-refractivity contribution in [3.8, 4) is 0 Å². The van der Waals surface area contributed by atoms with E-state index in [1.807, 2.05) is 0 Å². The molecule has 1 aromatic rings. The molecule has 0 N–H and O–H groups in total. The van der Waals surface area contributed by atoms with Crippen LogP contribution in [-0.4, -0.2) is 16.4 Å². The summed E-state index contributed by atoms with van der Waals surface area (Å²) in [4.78, 5) is 0. The molecule has 13 heavy (non-hydrogen) atoms. The fraction of sp³-hybridized carbons (Fsp3) is 0.714.